The van der Waals surface area contributed by atoms with E-state index < -0.39 is 17.4 Å². The van der Waals surface area contributed by atoms with Gasteiger partial charge in [0.25, 0.3) is 5.91 Å². The van der Waals surface area contributed by atoms with Gasteiger partial charge in [-0.1, -0.05) is 43.8 Å². The van der Waals surface area contributed by atoms with E-state index in [4.69, 9.17) is 4.74 Å². The number of benzene rings is 1. The van der Waals surface area contributed by atoms with Crippen molar-refractivity contribution >= 4 is 53.7 Å². The first-order valence-corrected chi connectivity index (χ1v) is 14.3. The second-order valence-corrected chi connectivity index (χ2v) is 10.8. The molecule has 212 valence electrons. The minimum Gasteiger partial charge on any atom is -0.508 e. The molecule has 12 nitrogen and oxygen atoms in total. The number of para-hydroxylation sites is 1. The Labute approximate surface area is 241 Å². The van der Waals surface area contributed by atoms with Crippen LogP contribution in [0.1, 0.15) is 19.4 Å². The highest BCUT2D eigenvalue weighted by Gasteiger charge is 2.54. The number of halogens is 1. The molecule has 2 aliphatic rings. The maximum Gasteiger partial charge on any atom is 0.355 e. The number of nitrogens with one attached hydrogen (secondary N) is 1. The smallest absolute Gasteiger partial charge is 0.355 e. The number of aryl methyl sites for hydroxylation is 1. The molecular weight excluding hydrogens is 566 g/mol. The number of phenolic OH excluding ortho intramolecular Hbond substituents is 1. The summed E-state index contributed by atoms with van der Waals surface area (Å²) in [4.78, 5) is 42.7. The number of amides is 2. The number of aromatic nitrogens is 4. The van der Waals surface area contributed by atoms with Crippen LogP contribution in [0, 0.1) is 0 Å². The van der Waals surface area contributed by atoms with Gasteiger partial charge in [-0.2, -0.15) is 0 Å². The topological polar surface area (TPSA) is 143 Å². The van der Waals surface area contributed by atoms with Crippen LogP contribution in [0.3, 0.4) is 0 Å². The molecule has 1 saturated heterocycles. The Morgan fingerprint density at radius 1 is 1.28 bits per heavy atom. The summed E-state index contributed by atoms with van der Waals surface area (Å²) in [5.41, 5.74) is 1.45. The van der Waals surface area contributed by atoms with Crippen molar-refractivity contribution in [3.8, 4) is 5.75 Å². The number of likely N-dealkylation sites (N-methyl/N-ethyl adjacent to an activating group) is 1. The highest BCUT2D eigenvalue weighted by molar-refractivity contribution is 8.01. The second-order valence-electron chi connectivity index (χ2n) is 8.75. The van der Waals surface area contributed by atoms with Crippen LogP contribution in [0.15, 0.2) is 40.7 Å². The maximum absolute atomic E-state index is 13.3. The molecule has 0 radical (unpaired) electrons. The van der Waals surface area contributed by atoms with Gasteiger partial charge in [0.1, 0.15) is 29.5 Å². The summed E-state index contributed by atoms with van der Waals surface area (Å²) in [5, 5.41) is 24.3. The number of hydrogen-bond donors (Lipinski definition) is 2. The van der Waals surface area contributed by atoms with Crippen LogP contribution in [0.5, 0.6) is 5.75 Å². The SMILES string of the molecule is CCN(CC)CCOC(=O)C1=C(CSc2nnnn2C)CSC2C(NC(=O)Cc3ccccc3O)C(=O)N12.Cl. The van der Waals surface area contributed by atoms with Crippen molar-refractivity contribution in [1.82, 2.24) is 35.3 Å². The number of carbonyl (C=O) groups excluding carboxylic acids is 3. The number of fused-ring (bicyclic) bond motifs is 1. The molecule has 1 fully saturated rings. The number of rotatable bonds is 12. The lowest BCUT2D eigenvalue weighted by molar-refractivity contribution is -0.153. The fourth-order valence-corrected chi connectivity index (χ4v) is 6.55. The van der Waals surface area contributed by atoms with E-state index in [0.29, 0.717) is 28.8 Å². The first kappa shape index (κ1) is 30.7. The van der Waals surface area contributed by atoms with E-state index in [-0.39, 0.29) is 48.7 Å². The highest BCUT2D eigenvalue weighted by Crippen LogP contribution is 2.41. The van der Waals surface area contributed by atoms with Crippen LogP contribution in [0.4, 0.5) is 0 Å². The number of nitrogens with zero attached hydrogens (tertiary/aromatic N) is 6. The zero-order valence-electron chi connectivity index (χ0n) is 21.9. The molecule has 39 heavy (non-hydrogen) atoms. The summed E-state index contributed by atoms with van der Waals surface area (Å²) in [5.74, 6) is -0.391. The number of tetrazole rings is 1. The lowest BCUT2D eigenvalue weighted by Gasteiger charge is -2.49. The minimum absolute atomic E-state index is 0. The number of hydrogen-bond acceptors (Lipinski definition) is 11. The third-order valence-corrected chi connectivity index (χ3v) is 8.83. The highest BCUT2D eigenvalue weighted by atomic mass is 35.5. The van der Waals surface area contributed by atoms with Gasteiger partial charge in [-0.15, -0.1) is 29.3 Å². The molecule has 2 aliphatic heterocycles. The fraction of sp³-hybridized carbons (Fsp3) is 0.500. The fourth-order valence-electron chi connectivity index (χ4n) is 4.21. The third-order valence-electron chi connectivity index (χ3n) is 6.39. The first-order valence-electron chi connectivity index (χ1n) is 12.3. The van der Waals surface area contributed by atoms with E-state index in [9.17, 15) is 19.5 Å². The van der Waals surface area contributed by atoms with Crippen LogP contribution in [-0.4, -0.2) is 102 Å². The maximum atomic E-state index is 13.3. The molecule has 1 aromatic heterocycles. The van der Waals surface area contributed by atoms with Gasteiger partial charge in [0.15, 0.2) is 0 Å². The van der Waals surface area contributed by atoms with Crippen molar-refractivity contribution in [2.45, 2.75) is 36.8 Å². The summed E-state index contributed by atoms with van der Waals surface area (Å²) in [7, 11) is 1.73. The monoisotopic (exact) mass is 597 g/mol. The van der Waals surface area contributed by atoms with E-state index in [1.54, 1.807) is 25.2 Å². The number of thioether (sulfide) groups is 2. The van der Waals surface area contributed by atoms with E-state index >= 15 is 0 Å². The van der Waals surface area contributed by atoms with Crippen molar-refractivity contribution in [3.05, 3.63) is 41.1 Å². The molecule has 0 aliphatic carbocycles. The Hall–Kier alpha value is -2.81. The third kappa shape index (κ3) is 7.04. The van der Waals surface area contributed by atoms with Gasteiger partial charge in [0.05, 0.1) is 6.42 Å². The van der Waals surface area contributed by atoms with Crippen molar-refractivity contribution in [1.29, 1.82) is 0 Å². The first-order chi connectivity index (χ1) is 18.3. The lowest BCUT2D eigenvalue weighted by atomic mass is 10.0. The Bertz CT molecular complexity index is 1220. The van der Waals surface area contributed by atoms with Gasteiger partial charge in [0.2, 0.25) is 11.1 Å². The number of carbonyl (C=O) groups is 3. The van der Waals surface area contributed by atoms with E-state index in [1.807, 2.05) is 13.8 Å². The predicted octanol–water partition coefficient (Wildman–Crippen LogP) is 1.21. The second kappa shape index (κ2) is 14.0. The normalized spacial score (nSPS) is 18.4. The van der Waals surface area contributed by atoms with Crippen molar-refractivity contribution in [2.24, 2.45) is 7.05 Å². The van der Waals surface area contributed by atoms with Gasteiger partial charge in [-0.25, -0.2) is 9.48 Å². The summed E-state index contributed by atoms with van der Waals surface area (Å²) >= 11 is 2.85. The quantitative estimate of drug-likeness (QED) is 0.207. The van der Waals surface area contributed by atoms with Gasteiger partial charge in [-0.3, -0.25) is 14.5 Å². The predicted molar refractivity (Wildman–Crippen MR) is 149 cm³/mol. The summed E-state index contributed by atoms with van der Waals surface area (Å²) in [6.07, 6.45) is -0.0580. The summed E-state index contributed by atoms with van der Waals surface area (Å²) < 4.78 is 7.14. The molecule has 0 spiro atoms. The van der Waals surface area contributed by atoms with Crippen LogP contribution in [-0.2, 0) is 32.6 Å². The van der Waals surface area contributed by atoms with Crippen molar-refractivity contribution < 1.29 is 24.2 Å². The Morgan fingerprint density at radius 3 is 2.69 bits per heavy atom. The Kier molecular flexibility index (Phi) is 11.0. The molecule has 2 atom stereocenters. The molecule has 3 heterocycles. The van der Waals surface area contributed by atoms with Crippen molar-refractivity contribution in [3.63, 3.8) is 0 Å². The van der Waals surface area contributed by atoms with Gasteiger partial charge in [0, 0.05) is 30.7 Å². The largest absolute Gasteiger partial charge is 0.508 e. The number of phenols is 1. The molecule has 1 aromatic carbocycles. The summed E-state index contributed by atoms with van der Waals surface area (Å²) in [6, 6.07) is 5.80. The van der Waals surface area contributed by atoms with Crippen LogP contribution in [0.2, 0.25) is 0 Å². The molecule has 2 unspecified atom stereocenters. The number of β-lactam (4-membered cyclic amide) rings is 1. The number of ether oxygens (including phenoxy) is 1. The standard InChI is InChI=1S/C24H31N7O5S2.ClH/c1-4-30(5-2)10-11-36-23(35)20-16(14-38-24-26-27-28-29(24)3)13-37-22-19(21(34)31(20)22)25-18(33)12-15-8-6-7-9-17(15)32;/h6-9,19,22,32H,4-5,10-14H2,1-3H3,(H,25,33);1H. The number of aromatic hydroxyl groups is 1. The molecule has 2 aromatic rings. The van der Waals surface area contributed by atoms with Crippen LogP contribution >= 0.6 is 35.9 Å². The average Bonchev–Trinajstić information content (AvgIpc) is 3.33. The van der Waals surface area contributed by atoms with Gasteiger partial charge < -0.3 is 20.1 Å². The minimum atomic E-state index is -0.769. The van der Waals surface area contributed by atoms with Crippen LogP contribution in [0.25, 0.3) is 0 Å². The zero-order chi connectivity index (χ0) is 27.2. The molecular formula is C24H32ClN7O5S2. The molecule has 0 saturated carbocycles. The summed E-state index contributed by atoms with van der Waals surface area (Å²) in [6.45, 7) is 6.57. The van der Waals surface area contributed by atoms with Crippen molar-refractivity contribution in [2.75, 3.05) is 37.7 Å². The van der Waals surface area contributed by atoms with Gasteiger partial charge >= 0.3 is 5.97 Å². The molecule has 15 heteroatoms. The van der Waals surface area contributed by atoms with Crippen LogP contribution < -0.4 is 5.32 Å². The average molecular weight is 598 g/mol. The van der Waals surface area contributed by atoms with Gasteiger partial charge in [-0.05, 0) is 35.2 Å². The van der Waals surface area contributed by atoms with E-state index in [2.05, 4.69) is 25.7 Å². The molecule has 4 rings (SSSR count). The Morgan fingerprint density at radius 2 is 2.03 bits per heavy atom. The molecule has 2 amide bonds. The number of esters is 1. The molecule has 0 bridgehead atoms. The molecule has 2 N–H and O–H groups in total. The lowest BCUT2D eigenvalue weighted by Crippen LogP contribution is -2.70. The van der Waals surface area contributed by atoms with E-state index in [0.717, 1.165) is 18.7 Å². The van der Waals surface area contributed by atoms with E-state index in [1.165, 1.54) is 39.2 Å². The zero-order valence-corrected chi connectivity index (χ0v) is 24.4. The Balaban J connectivity index is 0.00000420.